The first-order valence-corrected chi connectivity index (χ1v) is 14.0. The summed E-state index contributed by atoms with van der Waals surface area (Å²) in [5.74, 6) is -2.84. The van der Waals surface area contributed by atoms with Gasteiger partial charge in [0.05, 0.1) is 34.8 Å². The fourth-order valence-corrected chi connectivity index (χ4v) is 5.61. The number of ether oxygens (including phenoxy) is 2. The highest BCUT2D eigenvalue weighted by molar-refractivity contribution is 7.90. The number of aromatic nitrogens is 3. The van der Waals surface area contributed by atoms with Gasteiger partial charge in [-0.2, -0.15) is 0 Å². The lowest BCUT2D eigenvalue weighted by molar-refractivity contribution is 0.0589. The average molecular weight is 583 g/mol. The van der Waals surface area contributed by atoms with Gasteiger partial charge < -0.3 is 19.0 Å². The van der Waals surface area contributed by atoms with E-state index in [0.29, 0.717) is 11.3 Å². The van der Waals surface area contributed by atoms with Crippen molar-refractivity contribution in [3.05, 3.63) is 47.5 Å². The largest absolute Gasteiger partial charge is 0.497 e. The van der Waals surface area contributed by atoms with Gasteiger partial charge in [-0.05, 0) is 38.5 Å². The minimum atomic E-state index is -4.28. The number of aromatic amines is 1. The van der Waals surface area contributed by atoms with Crippen LogP contribution in [0, 0.1) is 11.6 Å². The summed E-state index contributed by atoms with van der Waals surface area (Å²) in [5.41, 5.74) is -1.27. The van der Waals surface area contributed by atoms with Gasteiger partial charge >= 0.3 is 6.09 Å². The number of nitrogens with zero attached hydrogens (tertiary/aromatic N) is 3. The Morgan fingerprint density at radius 3 is 2.36 bits per heavy atom. The lowest BCUT2D eigenvalue weighted by Crippen LogP contribution is -2.34. The Labute approximate surface area is 224 Å². The molecule has 0 spiro atoms. The quantitative estimate of drug-likeness (QED) is 0.192. The molecular weight excluding hydrogens is 558 g/mol. The third kappa shape index (κ3) is 5.55. The number of amides is 1. The maximum Gasteiger partial charge on any atom is 0.414 e. The summed E-state index contributed by atoms with van der Waals surface area (Å²) in [5, 5.41) is -2.51. The van der Waals surface area contributed by atoms with Crippen LogP contribution in [0.3, 0.4) is 0 Å². The van der Waals surface area contributed by atoms with E-state index >= 15 is 4.39 Å². The van der Waals surface area contributed by atoms with Gasteiger partial charge in [0.25, 0.3) is 5.16 Å². The number of benzene rings is 2. The Hall–Kier alpha value is -3.69. The number of H-pyrrole nitrogens is 1. The van der Waals surface area contributed by atoms with Crippen LogP contribution in [-0.4, -0.2) is 58.0 Å². The van der Waals surface area contributed by atoms with Crippen LogP contribution in [0.1, 0.15) is 26.3 Å². The first kappa shape index (κ1) is 28.3. The second kappa shape index (κ2) is 10.1. The second-order valence-electron chi connectivity index (χ2n) is 9.50. The Bertz CT molecular complexity index is 1730. The van der Waals surface area contributed by atoms with E-state index in [1.54, 1.807) is 32.9 Å². The van der Waals surface area contributed by atoms with Crippen molar-refractivity contribution in [3.63, 3.8) is 0 Å². The average Bonchev–Trinajstić information content (AvgIpc) is 3.24. The Morgan fingerprint density at radius 2 is 1.79 bits per heavy atom. The number of rotatable bonds is 6. The van der Waals surface area contributed by atoms with Crippen molar-refractivity contribution in [2.24, 2.45) is 0 Å². The molecule has 2 aromatic heterocycles. The second-order valence-corrected chi connectivity index (χ2v) is 12.3. The smallest absolute Gasteiger partial charge is 0.414 e. The number of carbonyl (C=O) groups excluding carboxylic acids is 1. The van der Waals surface area contributed by atoms with Gasteiger partial charge in [0.1, 0.15) is 17.0 Å². The highest BCUT2D eigenvalue weighted by Crippen LogP contribution is 2.38. The van der Waals surface area contributed by atoms with Gasteiger partial charge in [0.15, 0.2) is 16.7 Å². The number of carbonyl (C=O) groups is 1. The third-order valence-electron chi connectivity index (χ3n) is 5.54. The number of anilines is 1. The molecule has 4 aromatic rings. The van der Waals surface area contributed by atoms with Crippen molar-refractivity contribution < 1.29 is 40.2 Å². The number of nitrogens with one attached hydrogen (secondary N) is 1. The molecule has 1 atom stereocenters. The molecule has 39 heavy (non-hydrogen) atoms. The van der Waals surface area contributed by atoms with Crippen molar-refractivity contribution >= 4 is 54.6 Å². The van der Waals surface area contributed by atoms with Crippen molar-refractivity contribution in [1.82, 2.24) is 15.0 Å². The number of sulfone groups is 1. The molecule has 208 valence electrons. The van der Waals surface area contributed by atoms with Crippen molar-refractivity contribution in [2.45, 2.75) is 42.3 Å². The molecule has 0 fully saturated rings. The minimum Gasteiger partial charge on any atom is -0.497 e. The Kier molecular flexibility index (Phi) is 7.35. The van der Waals surface area contributed by atoms with E-state index in [0.717, 1.165) is 11.0 Å². The van der Waals surface area contributed by atoms with E-state index in [9.17, 15) is 26.4 Å². The normalized spacial score (nSPS) is 13.0. The molecule has 2 N–H and O–H groups in total. The highest BCUT2D eigenvalue weighted by atomic mass is 32.2. The first-order valence-electron chi connectivity index (χ1n) is 11.3. The van der Waals surface area contributed by atoms with E-state index in [2.05, 4.69) is 15.0 Å². The van der Waals surface area contributed by atoms with Crippen LogP contribution >= 0.6 is 0 Å². The number of methoxy groups -OCH3 is 1. The molecule has 0 aliphatic heterocycles. The molecule has 0 aliphatic carbocycles. The first-order chi connectivity index (χ1) is 18.1. The predicted octanol–water partition coefficient (Wildman–Crippen LogP) is 4.32. The summed E-state index contributed by atoms with van der Waals surface area (Å²) < 4.78 is 88.7. The van der Waals surface area contributed by atoms with E-state index in [1.165, 1.54) is 26.3 Å². The summed E-state index contributed by atoms with van der Waals surface area (Å²) in [6.07, 6.45) is -0.895. The number of halogens is 2. The lowest BCUT2D eigenvalue weighted by Gasteiger charge is -2.25. The third-order valence-corrected chi connectivity index (χ3v) is 7.61. The Balaban J connectivity index is 1.92. The van der Waals surface area contributed by atoms with Gasteiger partial charge in [-0.25, -0.2) is 36.2 Å². The van der Waals surface area contributed by atoms with Crippen LogP contribution in [-0.2, 0) is 31.4 Å². The molecule has 4 rings (SSSR count). The molecule has 0 bridgehead atoms. The van der Waals surface area contributed by atoms with Crippen molar-refractivity contribution in [3.8, 4) is 5.75 Å². The van der Waals surface area contributed by atoms with Gasteiger partial charge in [-0.3, -0.25) is 4.90 Å². The highest BCUT2D eigenvalue weighted by Gasteiger charge is 2.30. The van der Waals surface area contributed by atoms with Crippen molar-refractivity contribution in [1.29, 1.82) is 0 Å². The van der Waals surface area contributed by atoms with Gasteiger partial charge in [-0.15, -0.1) is 0 Å². The van der Waals surface area contributed by atoms with Crippen LogP contribution in [0.25, 0.3) is 21.9 Å². The lowest BCUT2D eigenvalue weighted by atomic mass is 10.1. The zero-order valence-corrected chi connectivity index (χ0v) is 23.0. The molecule has 0 saturated carbocycles. The molecular formula is C24H24F2N4O7S2. The van der Waals surface area contributed by atoms with E-state index < -0.39 is 71.0 Å². The summed E-state index contributed by atoms with van der Waals surface area (Å²) in [7, 11) is -1.56. The molecule has 1 unspecified atom stereocenters. The predicted molar refractivity (Wildman–Crippen MR) is 139 cm³/mol. The SMILES string of the molecule is COc1ccc(CS(=O)(=O)c2nc(S(=O)O)c3c(n2)[nH]c2c(N(C)C(=O)OC(C)(C)C)cc(F)c(F)c23)cc1. The molecule has 0 radical (unpaired) electrons. The summed E-state index contributed by atoms with van der Waals surface area (Å²) in [4.78, 5) is 24.0. The maximum atomic E-state index is 15.1. The molecule has 0 saturated heterocycles. The van der Waals surface area contributed by atoms with Crippen LogP contribution in [0.2, 0.25) is 0 Å². The molecule has 2 aromatic carbocycles. The van der Waals surface area contributed by atoms with Crippen LogP contribution < -0.4 is 9.64 Å². The molecule has 15 heteroatoms. The van der Waals surface area contributed by atoms with E-state index in [4.69, 9.17) is 9.47 Å². The summed E-state index contributed by atoms with van der Waals surface area (Å²) in [6.45, 7) is 4.86. The van der Waals surface area contributed by atoms with Crippen LogP contribution in [0.4, 0.5) is 19.3 Å². The molecule has 1 amide bonds. The zero-order valence-electron chi connectivity index (χ0n) is 21.4. The fourth-order valence-electron chi connectivity index (χ4n) is 3.79. The van der Waals surface area contributed by atoms with E-state index in [1.807, 2.05) is 0 Å². The van der Waals surface area contributed by atoms with Crippen molar-refractivity contribution in [2.75, 3.05) is 19.1 Å². The van der Waals surface area contributed by atoms with E-state index in [-0.39, 0.29) is 16.9 Å². The molecule has 0 aliphatic rings. The number of hydrogen-bond acceptors (Lipinski definition) is 8. The summed E-state index contributed by atoms with van der Waals surface area (Å²) >= 11 is -2.93. The summed E-state index contributed by atoms with van der Waals surface area (Å²) in [6, 6.07) is 6.88. The maximum absolute atomic E-state index is 15.1. The van der Waals surface area contributed by atoms with Crippen LogP contribution in [0.5, 0.6) is 5.75 Å². The van der Waals surface area contributed by atoms with Gasteiger partial charge in [0.2, 0.25) is 20.9 Å². The topological polar surface area (TPSA) is 152 Å². The molecule has 2 heterocycles. The van der Waals surface area contributed by atoms with Gasteiger partial charge in [-0.1, -0.05) is 12.1 Å². The molecule has 11 nitrogen and oxygen atoms in total. The standard InChI is InChI=1S/C24H24F2N4O7S2/c1-24(2,3)37-23(31)30(4)15-10-14(25)18(26)16-17-20(27-19(15)16)28-22(29-21(17)38(32)33)39(34,35)11-12-6-8-13(36-5)9-7-12/h6-10H,11H2,1-5H3,(H,32,33)(H,27,28,29). The number of fused-ring (bicyclic) bond motifs is 3. The van der Waals surface area contributed by atoms with Crippen LogP contribution in [0.15, 0.2) is 40.5 Å². The zero-order chi connectivity index (χ0) is 28.9. The number of hydrogen-bond donors (Lipinski definition) is 2. The monoisotopic (exact) mass is 582 g/mol. The minimum absolute atomic E-state index is 0.187. The fraction of sp³-hybridized carbons (Fsp3) is 0.292. The van der Waals surface area contributed by atoms with Gasteiger partial charge in [0, 0.05) is 13.1 Å². The Morgan fingerprint density at radius 1 is 1.15 bits per heavy atom.